The summed E-state index contributed by atoms with van der Waals surface area (Å²) >= 11 is 0. The number of rotatable bonds is 4. The Kier molecular flexibility index (Phi) is 10.2. The molecule has 0 aliphatic rings. The third kappa shape index (κ3) is 10.5. The van der Waals surface area contributed by atoms with Crippen LogP contribution in [0.1, 0.15) is 12.8 Å². The molecule has 0 aromatic carbocycles. The maximum atomic E-state index is 10.3. The van der Waals surface area contributed by atoms with Gasteiger partial charge in [-0.15, -0.1) is 0 Å². The van der Waals surface area contributed by atoms with E-state index in [0.717, 1.165) is 0 Å². The molecular weight excluding hydrogens is 215 g/mol. The molecule has 0 saturated heterocycles. The number of aliphatic carboxylic acids is 1. The topological polar surface area (TPSA) is 97.7 Å². The zero-order valence-corrected chi connectivity index (χ0v) is 6.24. The second-order valence-electron chi connectivity index (χ2n) is 1.58. The Morgan fingerprint density at radius 2 is 1.75 bits per heavy atom. The van der Waals surface area contributed by atoms with Crippen LogP contribution in [0.15, 0.2) is 0 Å². The van der Waals surface area contributed by atoms with Crippen LogP contribution in [0.5, 0.6) is 0 Å². The first kappa shape index (κ1) is 15.0. The average Bonchev–Trinajstić information content (AvgIpc) is 1.82. The molecule has 0 saturated carbocycles. The molecule has 0 aliphatic heterocycles. The van der Waals surface area contributed by atoms with Gasteiger partial charge in [-0.25, -0.2) is 0 Å². The summed E-state index contributed by atoms with van der Waals surface area (Å²) in [6.07, 6.45) is -0.860. The molecule has 66 valence electrons. The van der Waals surface area contributed by atoms with Gasteiger partial charge in [-0.2, -0.15) is 8.42 Å². The molecule has 0 heterocycles. The van der Waals surface area contributed by atoms with Crippen LogP contribution < -0.4 is 0 Å². The van der Waals surface area contributed by atoms with E-state index >= 15 is 0 Å². The van der Waals surface area contributed by atoms with E-state index in [1.54, 1.807) is 0 Å². The number of carbonyl (C=O) groups is 2. The zero-order chi connectivity index (χ0) is 8.85. The number of carbonyl (C=O) groups excluding carboxylic acids is 1. The molecular formula is C4H7KO6S. The van der Waals surface area contributed by atoms with Crippen LogP contribution in [0, 0.1) is 0 Å². The van der Waals surface area contributed by atoms with Crippen molar-refractivity contribution in [2.45, 2.75) is 12.8 Å². The van der Waals surface area contributed by atoms with E-state index in [2.05, 4.69) is 4.18 Å². The molecule has 0 unspecified atom stereocenters. The van der Waals surface area contributed by atoms with Crippen molar-refractivity contribution in [2.75, 3.05) is 0 Å². The summed E-state index contributed by atoms with van der Waals surface area (Å²) in [5.74, 6) is -2.23. The predicted molar refractivity (Wildman–Crippen MR) is 40.4 cm³/mol. The molecule has 0 amide bonds. The predicted octanol–water partition coefficient (Wildman–Crippen LogP) is -1.73. The molecule has 1 N–H and O–H groups in total. The Morgan fingerprint density at radius 3 is 2.08 bits per heavy atom. The van der Waals surface area contributed by atoms with Crippen molar-refractivity contribution < 1.29 is 27.3 Å². The molecule has 0 fully saturated rings. The monoisotopic (exact) mass is 222 g/mol. The van der Waals surface area contributed by atoms with Crippen LogP contribution in [0.3, 0.4) is 0 Å². The Bertz CT molecular complexity index is 226. The molecule has 8 heteroatoms. The van der Waals surface area contributed by atoms with Crippen molar-refractivity contribution in [1.29, 1.82) is 0 Å². The van der Waals surface area contributed by atoms with Gasteiger partial charge in [0.2, 0.25) is 0 Å². The first-order valence-electron chi connectivity index (χ1n) is 2.59. The summed E-state index contributed by atoms with van der Waals surface area (Å²) in [7, 11) is -3.21. The van der Waals surface area contributed by atoms with Crippen LogP contribution in [0.2, 0.25) is 0 Å². The van der Waals surface area contributed by atoms with Crippen molar-refractivity contribution in [3.63, 3.8) is 0 Å². The third-order valence-electron chi connectivity index (χ3n) is 0.719. The van der Waals surface area contributed by atoms with Gasteiger partial charge in [0, 0.05) is 0 Å². The van der Waals surface area contributed by atoms with Gasteiger partial charge in [0.05, 0.1) is 12.8 Å². The first-order chi connectivity index (χ1) is 5.02. The molecule has 0 spiro atoms. The van der Waals surface area contributed by atoms with E-state index in [1.165, 1.54) is 0 Å². The van der Waals surface area contributed by atoms with Crippen LogP contribution in [-0.2, 0) is 24.8 Å². The fourth-order valence-corrected chi connectivity index (χ4v) is 0.595. The molecule has 0 atom stereocenters. The Labute approximate surface area is 113 Å². The molecule has 0 aliphatic carbocycles. The summed E-state index contributed by atoms with van der Waals surface area (Å²) in [4.78, 5) is 20.1. The van der Waals surface area contributed by atoms with Crippen molar-refractivity contribution in [3.8, 4) is 0 Å². The van der Waals surface area contributed by atoms with Crippen molar-refractivity contribution in [2.24, 2.45) is 0 Å². The van der Waals surface area contributed by atoms with Crippen LogP contribution in [0.25, 0.3) is 0 Å². The summed E-state index contributed by atoms with van der Waals surface area (Å²) in [6, 6.07) is 0. The van der Waals surface area contributed by atoms with E-state index in [9.17, 15) is 18.0 Å². The van der Waals surface area contributed by atoms with Gasteiger partial charge in [0.1, 0.15) is 0 Å². The van der Waals surface area contributed by atoms with E-state index in [4.69, 9.17) is 5.11 Å². The molecule has 0 bridgehead atoms. The maximum absolute atomic E-state index is 10.3. The van der Waals surface area contributed by atoms with E-state index < -0.39 is 35.8 Å². The third-order valence-corrected chi connectivity index (χ3v) is 1.07. The minimum atomic E-state index is -3.21. The number of carboxylic acids is 1. The zero-order valence-electron chi connectivity index (χ0n) is 5.35. The first-order valence-corrected chi connectivity index (χ1v) is 3.69. The Morgan fingerprint density at radius 1 is 1.25 bits per heavy atom. The van der Waals surface area contributed by atoms with Gasteiger partial charge in [-0.1, -0.05) is 0 Å². The normalized spacial score (nSPS) is 8.75. The Balaban J connectivity index is 0. The van der Waals surface area contributed by atoms with Crippen LogP contribution in [-0.4, -0.2) is 76.8 Å². The quantitative estimate of drug-likeness (QED) is 0.433. The SMILES string of the molecule is O=C(O)CCC(=O)O[SH](=O)=O.[KH]. The standard InChI is InChI=1S/C4H6O6S.K.H/c5-3(6)1-2-4(7)10-11(8)9;;/h11H,1-2H2,(H,5,6);;. The van der Waals surface area contributed by atoms with E-state index in [1.807, 2.05) is 0 Å². The van der Waals surface area contributed by atoms with Crippen LogP contribution >= 0.6 is 0 Å². The molecule has 12 heavy (non-hydrogen) atoms. The molecule has 0 radical (unpaired) electrons. The van der Waals surface area contributed by atoms with Gasteiger partial charge in [0.25, 0.3) is 0 Å². The Hall–Kier alpha value is 0.526. The number of hydrogen-bond donors (Lipinski definition) is 2. The summed E-state index contributed by atoms with van der Waals surface area (Å²) in [5.41, 5.74) is 0. The number of carboxylic acid groups (broad SMARTS) is 1. The van der Waals surface area contributed by atoms with E-state index in [-0.39, 0.29) is 51.4 Å². The number of thiol groups is 1. The van der Waals surface area contributed by atoms with Crippen molar-refractivity contribution in [3.05, 3.63) is 0 Å². The average molecular weight is 222 g/mol. The van der Waals surface area contributed by atoms with Gasteiger partial charge in [-0.3, -0.25) is 9.59 Å². The van der Waals surface area contributed by atoms with Gasteiger partial charge >= 0.3 is 74.3 Å². The molecule has 6 nitrogen and oxygen atoms in total. The molecule has 0 aromatic heterocycles. The van der Waals surface area contributed by atoms with Gasteiger partial charge in [-0.05, 0) is 0 Å². The van der Waals surface area contributed by atoms with Crippen molar-refractivity contribution in [1.82, 2.24) is 0 Å². The van der Waals surface area contributed by atoms with Gasteiger partial charge < -0.3 is 9.29 Å². The van der Waals surface area contributed by atoms with E-state index in [0.29, 0.717) is 0 Å². The fourth-order valence-electron chi connectivity index (χ4n) is 0.338. The van der Waals surface area contributed by atoms with Gasteiger partial charge in [0.15, 0.2) is 0 Å². The summed E-state index contributed by atoms with van der Waals surface area (Å²) in [5, 5.41) is 8.04. The molecule has 0 rings (SSSR count). The second kappa shape index (κ2) is 8.14. The van der Waals surface area contributed by atoms with Crippen LogP contribution in [0.4, 0.5) is 0 Å². The number of hydrogen-bond acceptors (Lipinski definition) is 5. The summed E-state index contributed by atoms with van der Waals surface area (Å²) in [6.45, 7) is 0. The minimum absolute atomic E-state index is 0. The fraction of sp³-hybridized carbons (Fsp3) is 0.500. The second-order valence-corrected chi connectivity index (χ2v) is 2.21. The van der Waals surface area contributed by atoms with Crippen molar-refractivity contribution >= 4 is 74.3 Å². The summed E-state index contributed by atoms with van der Waals surface area (Å²) < 4.78 is 23.1. The molecule has 0 aromatic rings.